The minimum absolute atomic E-state index is 0.0582. The number of rotatable bonds is 2. The van der Waals surface area contributed by atoms with Gasteiger partial charge in [0.25, 0.3) is 10.2 Å². The van der Waals surface area contributed by atoms with Crippen LogP contribution in [0.4, 0.5) is 0 Å². The molecule has 0 saturated carbocycles. The molecular weight excluding hydrogens is 238 g/mol. The molecule has 2 fully saturated rings. The third kappa shape index (κ3) is 2.65. The standard InChI is InChI=1S/C11H23N3O2S/c1-10-5-3-4-7-13(10)17(15,16)14-8-6-12-9-11(14)2/h10-12H,3-9H2,1-2H3/t10?,11-/m1/s1. The van der Waals surface area contributed by atoms with Gasteiger partial charge in [-0.1, -0.05) is 6.42 Å². The summed E-state index contributed by atoms with van der Waals surface area (Å²) in [6.45, 7) is 6.77. The van der Waals surface area contributed by atoms with E-state index in [0.717, 1.165) is 32.4 Å². The highest BCUT2D eigenvalue weighted by Gasteiger charge is 2.37. The fourth-order valence-electron chi connectivity index (χ4n) is 2.71. The third-order valence-corrected chi connectivity index (χ3v) is 6.05. The van der Waals surface area contributed by atoms with Gasteiger partial charge in [-0.15, -0.1) is 0 Å². The SMILES string of the molecule is CC1CCCCN1S(=O)(=O)N1CCNC[C@H]1C. The van der Waals surface area contributed by atoms with Crippen molar-refractivity contribution in [2.75, 3.05) is 26.2 Å². The zero-order chi connectivity index (χ0) is 12.5. The highest BCUT2D eigenvalue weighted by atomic mass is 32.2. The summed E-state index contributed by atoms with van der Waals surface area (Å²) < 4.78 is 28.5. The van der Waals surface area contributed by atoms with E-state index >= 15 is 0 Å². The molecule has 0 aromatic rings. The van der Waals surface area contributed by atoms with Crippen molar-refractivity contribution >= 4 is 10.2 Å². The molecule has 0 spiro atoms. The van der Waals surface area contributed by atoms with E-state index < -0.39 is 10.2 Å². The molecule has 1 N–H and O–H groups in total. The number of hydrogen-bond acceptors (Lipinski definition) is 3. The zero-order valence-corrected chi connectivity index (χ0v) is 11.5. The molecule has 1 unspecified atom stereocenters. The molecule has 17 heavy (non-hydrogen) atoms. The van der Waals surface area contributed by atoms with Crippen molar-refractivity contribution in [3.05, 3.63) is 0 Å². The summed E-state index contributed by atoms with van der Waals surface area (Å²) in [5.74, 6) is 0. The predicted molar refractivity (Wildman–Crippen MR) is 68.0 cm³/mol. The molecule has 2 heterocycles. The molecule has 2 rings (SSSR count). The maximum Gasteiger partial charge on any atom is 0.282 e. The van der Waals surface area contributed by atoms with Gasteiger partial charge in [-0.25, -0.2) is 0 Å². The lowest BCUT2D eigenvalue weighted by atomic mass is 10.1. The van der Waals surface area contributed by atoms with Gasteiger partial charge in [0.15, 0.2) is 0 Å². The van der Waals surface area contributed by atoms with Crippen LogP contribution in [-0.2, 0) is 10.2 Å². The van der Waals surface area contributed by atoms with E-state index in [2.05, 4.69) is 5.32 Å². The fraction of sp³-hybridized carbons (Fsp3) is 1.00. The van der Waals surface area contributed by atoms with Crippen LogP contribution in [0.3, 0.4) is 0 Å². The zero-order valence-electron chi connectivity index (χ0n) is 10.7. The van der Waals surface area contributed by atoms with Gasteiger partial charge in [0.2, 0.25) is 0 Å². The molecule has 2 saturated heterocycles. The molecule has 0 bridgehead atoms. The van der Waals surface area contributed by atoms with E-state index in [9.17, 15) is 8.42 Å². The molecule has 100 valence electrons. The monoisotopic (exact) mass is 261 g/mol. The van der Waals surface area contributed by atoms with Crippen molar-refractivity contribution in [3.63, 3.8) is 0 Å². The Balaban J connectivity index is 2.16. The second-order valence-corrected chi connectivity index (χ2v) is 6.96. The largest absolute Gasteiger partial charge is 0.314 e. The van der Waals surface area contributed by atoms with Gasteiger partial charge in [-0.3, -0.25) is 0 Å². The molecular formula is C11H23N3O2S. The second-order valence-electron chi connectivity index (χ2n) is 5.13. The normalized spacial score (nSPS) is 33.8. The minimum Gasteiger partial charge on any atom is -0.314 e. The van der Waals surface area contributed by atoms with Crippen molar-refractivity contribution < 1.29 is 8.42 Å². The molecule has 2 atom stereocenters. The first-order valence-electron chi connectivity index (χ1n) is 6.53. The highest BCUT2D eigenvalue weighted by Crippen LogP contribution is 2.23. The van der Waals surface area contributed by atoms with E-state index in [1.165, 1.54) is 0 Å². The Morgan fingerprint density at radius 1 is 1.06 bits per heavy atom. The maximum absolute atomic E-state index is 12.6. The average Bonchev–Trinajstić information content (AvgIpc) is 2.29. The Kier molecular flexibility index (Phi) is 4.07. The Morgan fingerprint density at radius 3 is 2.41 bits per heavy atom. The van der Waals surface area contributed by atoms with E-state index in [1.807, 2.05) is 13.8 Å². The van der Waals surface area contributed by atoms with E-state index in [0.29, 0.717) is 13.1 Å². The molecule has 0 aromatic carbocycles. The first-order chi connectivity index (χ1) is 8.03. The summed E-state index contributed by atoms with van der Waals surface area (Å²) in [4.78, 5) is 0. The number of piperazine rings is 1. The van der Waals surface area contributed by atoms with Gasteiger partial charge in [0.05, 0.1) is 0 Å². The van der Waals surface area contributed by atoms with Gasteiger partial charge in [0, 0.05) is 38.3 Å². The van der Waals surface area contributed by atoms with Crippen LogP contribution >= 0.6 is 0 Å². The summed E-state index contributed by atoms with van der Waals surface area (Å²) in [5.41, 5.74) is 0. The first kappa shape index (κ1) is 13.3. The summed E-state index contributed by atoms with van der Waals surface area (Å²) in [7, 11) is -3.26. The molecule has 2 aliphatic rings. The number of nitrogens with one attached hydrogen (secondary N) is 1. The summed E-state index contributed by atoms with van der Waals surface area (Å²) in [6.07, 6.45) is 3.12. The van der Waals surface area contributed by atoms with Crippen LogP contribution in [-0.4, -0.2) is 55.3 Å². The number of nitrogens with zero attached hydrogens (tertiary/aromatic N) is 2. The van der Waals surface area contributed by atoms with Crippen LogP contribution in [0.25, 0.3) is 0 Å². The molecule has 6 heteroatoms. The Bertz CT molecular complexity index is 330. The van der Waals surface area contributed by atoms with Crippen LogP contribution in [0.2, 0.25) is 0 Å². The number of hydrogen-bond donors (Lipinski definition) is 1. The molecule has 0 amide bonds. The van der Waals surface area contributed by atoms with Crippen molar-refractivity contribution in [2.24, 2.45) is 0 Å². The number of piperidine rings is 1. The third-order valence-electron chi connectivity index (χ3n) is 3.78. The van der Waals surface area contributed by atoms with Crippen LogP contribution in [0.15, 0.2) is 0 Å². The van der Waals surface area contributed by atoms with Gasteiger partial charge in [-0.2, -0.15) is 17.0 Å². The molecule has 0 aromatic heterocycles. The van der Waals surface area contributed by atoms with E-state index in [4.69, 9.17) is 0 Å². The van der Waals surface area contributed by atoms with Gasteiger partial charge in [0.1, 0.15) is 0 Å². The van der Waals surface area contributed by atoms with Gasteiger partial charge in [-0.05, 0) is 26.7 Å². The lowest BCUT2D eigenvalue weighted by Gasteiger charge is -2.40. The summed E-state index contributed by atoms with van der Waals surface area (Å²) >= 11 is 0. The smallest absolute Gasteiger partial charge is 0.282 e. The quantitative estimate of drug-likeness (QED) is 0.783. The summed E-state index contributed by atoms with van der Waals surface area (Å²) in [6, 6.07) is 0.207. The van der Waals surface area contributed by atoms with Crippen molar-refractivity contribution in [2.45, 2.75) is 45.2 Å². The first-order valence-corrected chi connectivity index (χ1v) is 7.92. The van der Waals surface area contributed by atoms with Crippen LogP contribution in [0.5, 0.6) is 0 Å². The van der Waals surface area contributed by atoms with Gasteiger partial charge >= 0.3 is 0 Å². The van der Waals surface area contributed by atoms with Crippen LogP contribution in [0.1, 0.15) is 33.1 Å². The summed E-state index contributed by atoms with van der Waals surface area (Å²) in [5, 5.41) is 3.23. The molecule has 0 aliphatic carbocycles. The average molecular weight is 261 g/mol. The second kappa shape index (κ2) is 5.22. The van der Waals surface area contributed by atoms with Crippen LogP contribution in [0, 0.1) is 0 Å². The Labute approximate surface area is 104 Å². The van der Waals surface area contributed by atoms with E-state index in [1.54, 1.807) is 8.61 Å². The highest BCUT2D eigenvalue weighted by molar-refractivity contribution is 7.86. The minimum atomic E-state index is -3.26. The molecule has 2 aliphatic heterocycles. The lowest BCUT2D eigenvalue weighted by molar-refractivity contribution is 0.216. The van der Waals surface area contributed by atoms with Gasteiger partial charge < -0.3 is 5.32 Å². The van der Waals surface area contributed by atoms with Crippen molar-refractivity contribution in [1.82, 2.24) is 13.9 Å². The Hall–Kier alpha value is -0.170. The Morgan fingerprint density at radius 2 is 1.76 bits per heavy atom. The topological polar surface area (TPSA) is 52.7 Å². The van der Waals surface area contributed by atoms with Crippen molar-refractivity contribution in [3.8, 4) is 0 Å². The predicted octanol–water partition coefficient (Wildman–Crippen LogP) is 0.399. The molecule has 0 radical (unpaired) electrons. The molecule has 5 nitrogen and oxygen atoms in total. The lowest BCUT2D eigenvalue weighted by Crippen LogP contribution is -2.58. The van der Waals surface area contributed by atoms with E-state index in [-0.39, 0.29) is 12.1 Å². The van der Waals surface area contributed by atoms with Crippen molar-refractivity contribution in [1.29, 1.82) is 0 Å². The maximum atomic E-state index is 12.6. The fourth-order valence-corrected chi connectivity index (χ4v) is 4.76. The van der Waals surface area contributed by atoms with Crippen LogP contribution < -0.4 is 5.32 Å².